The summed E-state index contributed by atoms with van der Waals surface area (Å²) in [4.78, 5) is 26.3. The number of carboxylic acid groups (broad SMARTS) is 1. The van der Waals surface area contributed by atoms with Gasteiger partial charge in [-0.1, -0.05) is 26.0 Å². The number of morpholine rings is 1. The van der Waals surface area contributed by atoms with Crippen LogP contribution in [0.3, 0.4) is 0 Å². The molecule has 4 rings (SSSR count). The predicted molar refractivity (Wildman–Crippen MR) is 129 cm³/mol. The highest BCUT2D eigenvalue weighted by atomic mass is 16.5. The Labute approximate surface area is 195 Å². The van der Waals surface area contributed by atoms with Crippen LogP contribution < -0.4 is 10.6 Å². The molecule has 0 radical (unpaired) electrons. The number of nitrogens with one attached hydrogen (secondary N) is 2. The van der Waals surface area contributed by atoms with Crippen LogP contribution in [0.4, 0.5) is 11.4 Å². The normalized spacial score (nSPS) is 19.9. The van der Waals surface area contributed by atoms with Crippen LogP contribution in [-0.4, -0.2) is 53.7 Å². The van der Waals surface area contributed by atoms with Crippen molar-refractivity contribution < 1.29 is 19.4 Å². The zero-order valence-electron chi connectivity index (χ0n) is 19.8. The summed E-state index contributed by atoms with van der Waals surface area (Å²) in [5.74, 6) is -0.846. The average molecular weight is 452 g/mol. The highest BCUT2D eigenvalue weighted by Gasteiger charge is 2.37. The van der Waals surface area contributed by atoms with E-state index in [4.69, 9.17) is 4.74 Å². The number of aromatic carboxylic acids is 1. The van der Waals surface area contributed by atoms with Crippen molar-refractivity contribution in [2.75, 3.05) is 36.9 Å². The lowest BCUT2D eigenvalue weighted by molar-refractivity contribution is -0.139. The molecule has 0 bridgehead atoms. The van der Waals surface area contributed by atoms with Crippen molar-refractivity contribution in [3.63, 3.8) is 0 Å². The van der Waals surface area contributed by atoms with Crippen LogP contribution in [0, 0.1) is 5.41 Å². The standard InChI is InChI=1S/C26H33N3O4/c1-25(2)16-19-14-18(23(30)31)8-9-21(19)27-22(25)17-6-5-7-20(15-17)28-26(3,4)24(32)29-10-12-33-13-11-29/h5-9,14-15,22,27-28H,10-13,16H2,1-4H3,(H,30,31). The fourth-order valence-corrected chi connectivity index (χ4v) is 4.86. The second-order valence-electron chi connectivity index (χ2n) is 10.2. The minimum atomic E-state index is -0.911. The van der Waals surface area contributed by atoms with Crippen LogP contribution in [0.15, 0.2) is 42.5 Å². The van der Waals surface area contributed by atoms with Crippen LogP contribution >= 0.6 is 0 Å². The number of nitrogens with zero attached hydrogens (tertiary/aromatic N) is 1. The van der Waals surface area contributed by atoms with Crippen molar-refractivity contribution in [2.24, 2.45) is 5.41 Å². The van der Waals surface area contributed by atoms with Gasteiger partial charge in [0.25, 0.3) is 0 Å². The largest absolute Gasteiger partial charge is 0.478 e. The Bertz CT molecular complexity index is 1060. The van der Waals surface area contributed by atoms with E-state index in [-0.39, 0.29) is 17.4 Å². The summed E-state index contributed by atoms with van der Waals surface area (Å²) >= 11 is 0. The molecule has 1 atom stereocenters. The Kier molecular flexibility index (Phi) is 6.10. The number of fused-ring (bicyclic) bond motifs is 1. The predicted octanol–water partition coefficient (Wildman–Crippen LogP) is 4.17. The van der Waals surface area contributed by atoms with Gasteiger partial charge in [0.2, 0.25) is 5.91 Å². The van der Waals surface area contributed by atoms with E-state index in [2.05, 4.69) is 36.6 Å². The van der Waals surface area contributed by atoms with Gasteiger partial charge in [-0.3, -0.25) is 4.79 Å². The molecule has 1 saturated heterocycles. The lowest BCUT2D eigenvalue weighted by atomic mass is 9.72. The first-order valence-electron chi connectivity index (χ1n) is 11.4. The van der Waals surface area contributed by atoms with Gasteiger partial charge in [0.05, 0.1) is 24.8 Å². The lowest BCUT2D eigenvalue weighted by Gasteiger charge is -2.41. The second-order valence-corrected chi connectivity index (χ2v) is 10.2. The number of rotatable bonds is 5. The number of carbonyl (C=O) groups is 2. The molecule has 1 unspecified atom stereocenters. The molecule has 0 saturated carbocycles. The van der Waals surface area contributed by atoms with E-state index in [9.17, 15) is 14.7 Å². The fraction of sp³-hybridized carbons (Fsp3) is 0.462. The second kappa shape index (κ2) is 8.71. The molecule has 2 aromatic rings. The third kappa shape index (κ3) is 4.83. The maximum absolute atomic E-state index is 13.1. The zero-order chi connectivity index (χ0) is 23.8. The van der Waals surface area contributed by atoms with Crippen molar-refractivity contribution in [3.05, 3.63) is 59.2 Å². The molecule has 33 heavy (non-hydrogen) atoms. The first-order valence-corrected chi connectivity index (χ1v) is 11.4. The Morgan fingerprint density at radius 2 is 1.88 bits per heavy atom. The highest BCUT2D eigenvalue weighted by Crippen LogP contribution is 2.45. The minimum Gasteiger partial charge on any atom is -0.478 e. The van der Waals surface area contributed by atoms with E-state index in [0.29, 0.717) is 31.9 Å². The number of carboxylic acids is 1. The van der Waals surface area contributed by atoms with Crippen molar-refractivity contribution >= 4 is 23.3 Å². The molecule has 0 spiro atoms. The van der Waals surface area contributed by atoms with Crippen LogP contribution in [0.2, 0.25) is 0 Å². The van der Waals surface area contributed by atoms with Gasteiger partial charge in [-0.25, -0.2) is 4.79 Å². The monoisotopic (exact) mass is 451 g/mol. The summed E-state index contributed by atoms with van der Waals surface area (Å²) in [6, 6.07) is 13.5. The van der Waals surface area contributed by atoms with Crippen molar-refractivity contribution in [1.29, 1.82) is 0 Å². The molecule has 3 N–H and O–H groups in total. The third-order valence-corrected chi connectivity index (χ3v) is 6.59. The summed E-state index contributed by atoms with van der Waals surface area (Å²) in [6.07, 6.45) is 0.764. The molecule has 1 amide bonds. The Balaban J connectivity index is 1.55. The molecule has 7 heteroatoms. The van der Waals surface area contributed by atoms with Crippen LogP contribution in [-0.2, 0) is 16.0 Å². The number of benzene rings is 2. The topological polar surface area (TPSA) is 90.9 Å². The van der Waals surface area contributed by atoms with E-state index in [1.165, 1.54) is 0 Å². The zero-order valence-corrected chi connectivity index (χ0v) is 19.8. The van der Waals surface area contributed by atoms with Gasteiger partial charge in [0.15, 0.2) is 0 Å². The molecule has 0 aliphatic carbocycles. The van der Waals surface area contributed by atoms with E-state index in [0.717, 1.165) is 28.9 Å². The van der Waals surface area contributed by atoms with Crippen LogP contribution in [0.25, 0.3) is 0 Å². The molecule has 0 aromatic heterocycles. The summed E-state index contributed by atoms with van der Waals surface area (Å²) < 4.78 is 5.38. The number of hydrogen-bond donors (Lipinski definition) is 3. The summed E-state index contributed by atoms with van der Waals surface area (Å²) in [5, 5.41) is 16.4. The van der Waals surface area contributed by atoms with Gasteiger partial charge in [-0.05, 0) is 67.1 Å². The van der Waals surface area contributed by atoms with Crippen molar-refractivity contribution in [2.45, 2.75) is 45.7 Å². The molecule has 2 heterocycles. The van der Waals surface area contributed by atoms with Crippen molar-refractivity contribution in [3.8, 4) is 0 Å². The molecular formula is C26H33N3O4. The summed E-state index contributed by atoms with van der Waals surface area (Å²) in [5.41, 5.74) is 3.42. The van der Waals surface area contributed by atoms with E-state index < -0.39 is 11.5 Å². The van der Waals surface area contributed by atoms with Gasteiger partial charge >= 0.3 is 5.97 Å². The molecule has 2 aromatic carbocycles. The van der Waals surface area contributed by atoms with E-state index in [1.807, 2.05) is 36.9 Å². The average Bonchev–Trinajstić information content (AvgIpc) is 2.77. The summed E-state index contributed by atoms with van der Waals surface area (Å²) in [7, 11) is 0. The molecule has 7 nitrogen and oxygen atoms in total. The molecular weight excluding hydrogens is 418 g/mol. The number of ether oxygens (including phenoxy) is 1. The maximum atomic E-state index is 13.1. The first kappa shape index (κ1) is 23.1. The minimum absolute atomic E-state index is 0.0421. The molecule has 176 valence electrons. The number of amides is 1. The smallest absolute Gasteiger partial charge is 0.335 e. The SMILES string of the molecule is CC(C)(Nc1cccc(C2Nc3ccc(C(=O)O)cc3CC2(C)C)c1)C(=O)N1CCOCC1. The maximum Gasteiger partial charge on any atom is 0.335 e. The van der Waals surface area contributed by atoms with Crippen molar-refractivity contribution in [1.82, 2.24) is 4.90 Å². The molecule has 2 aliphatic heterocycles. The number of hydrogen-bond acceptors (Lipinski definition) is 5. The van der Waals surface area contributed by atoms with E-state index >= 15 is 0 Å². The van der Waals surface area contributed by atoms with Gasteiger partial charge in [-0.15, -0.1) is 0 Å². The molecule has 2 aliphatic rings. The van der Waals surface area contributed by atoms with Crippen LogP contribution in [0.1, 0.15) is 55.2 Å². The molecule has 1 fully saturated rings. The Morgan fingerprint density at radius 3 is 2.58 bits per heavy atom. The van der Waals surface area contributed by atoms with E-state index in [1.54, 1.807) is 12.1 Å². The van der Waals surface area contributed by atoms with Crippen LogP contribution in [0.5, 0.6) is 0 Å². The van der Waals surface area contributed by atoms with Gasteiger partial charge in [0, 0.05) is 24.5 Å². The van der Waals surface area contributed by atoms with Gasteiger partial charge in [0.1, 0.15) is 5.54 Å². The Hall–Kier alpha value is -3.06. The number of anilines is 2. The fourth-order valence-electron chi connectivity index (χ4n) is 4.86. The lowest BCUT2D eigenvalue weighted by Crippen LogP contribution is -2.53. The van der Waals surface area contributed by atoms with Gasteiger partial charge < -0.3 is 25.4 Å². The first-order chi connectivity index (χ1) is 15.6. The quantitative estimate of drug-likeness (QED) is 0.632. The highest BCUT2D eigenvalue weighted by molar-refractivity contribution is 5.89. The summed E-state index contributed by atoms with van der Waals surface area (Å²) in [6.45, 7) is 10.6. The van der Waals surface area contributed by atoms with Gasteiger partial charge in [-0.2, -0.15) is 0 Å². The third-order valence-electron chi connectivity index (χ3n) is 6.59. The Morgan fingerprint density at radius 1 is 1.15 bits per heavy atom. The number of carbonyl (C=O) groups excluding carboxylic acids is 1.